The number of hydrogen-bond acceptors (Lipinski definition) is 21. The third-order valence-corrected chi connectivity index (χ3v) is 18.8. The molecule has 4 atom stereocenters. The van der Waals surface area contributed by atoms with E-state index in [2.05, 4.69) is 5.32 Å². The van der Waals surface area contributed by atoms with E-state index < -0.39 is 42.6 Å². The van der Waals surface area contributed by atoms with Gasteiger partial charge in [-0.25, -0.2) is 8.42 Å². The number of epoxide rings is 2. The number of rotatable bonds is 33. The van der Waals surface area contributed by atoms with Crippen LogP contribution in [-0.2, 0) is 39.8 Å². The van der Waals surface area contributed by atoms with Crippen LogP contribution in [0.25, 0.3) is 40.3 Å². The van der Waals surface area contributed by atoms with Gasteiger partial charge in [-0.1, -0.05) is 24.3 Å². The Morgan fingerprint density at radius 1 is 0.593 bits per heavy atom. The van der Waals surface area contributed by atoms with Crippen LogP contribution in [0, 0.1) is 0 Å². The van der Waals surface area contributed by atoms with Crippen LogP contribution >= 0.6 is 22.7 Å². The van der Waals surface area contributed by atoms with E-state index in [1.54, 1.807) is 35.6 Å². The maximum atomic E-state index is 13.7. The van der Waals surface area contributed by atoms with Crippen LogP contribution in [0.2, 0.25) is 0 Å². The molecule has 4 unspecified atom stereocenters. The standard InChI is InChI=1S/C32H49N3O11S3.C19H16O5S.C6H16N2O3S/c1-34(2,16-8-18-48(39,40)41)15-7-10-24(36)21-46-28-14-13-27(30-31(38)26-11-5-6-12-29(26)47-32(28)30)45-22-25(37)20-33-23-35(3,4)17-9-19-49(42,43)44;20-18-13-3-1-2-4-16(13)25-19-15(24-10-12-8-22-12)6-5-14(17(18)19)23-9-11-7-21-11;1-8(2,6-7)4-3-5-12(9,10)11/h5-6,11-14,24-25,33,36-37H,7-10,15-23H2,1-4H3;1-6,11-12H,7-10H2;3-7H2,1-2H3/p+2. The second-order valence-corrected chi connectivity index (χ2v) is 30.2. The van der Waals surface area contributed by atoms with Gasteiger partial charge in [-0.3, -0.25) is 29.7 Å². The first kappa shape index (κ1) is 70.3. The molecule has 2 aliphatic heterocycles. The summed E-state index contributed by atoms with van der Waals surface area (Å²) in [5, 5.41) is 26.6. The number of nitrogens with one attached hydrogen (secondary N) is 1. The zero-order valence-corrected chi connectivity index (χ0v) is 53.5. The summed E-state index contributed by atoms with van der Waals surface area (Å²) in [5.74, 6) is 1.11. The highest BCUT2D eigenvalue weighted by Crippen LogP contribution is 2.39. The van der Waals surface area contributed by atoms with Crippen LogP contribution in [0.4, 0.5) is 0 Å². The zero-order valence-electron chi connectivity index (χ0n) is 49.5. The van der Waals surface area contributed by atoms with Crippen molar-refractivity contribution in [2.45, 2.75) is 56.5 Å². The number of fused-ring (bicyclic) bond motifs is 4. The Balaban J connectivity index is 0.000000260. The van der Waals surface area contributed by atoms with Crippen LogP contribution in [0.5, 0.6) is 23.0 Å². The molecule has 7 N–H and O–H groups in total. The lowest BCUT2D eigenvalue weighted by Crippen LogP contribution is -2.49. The molecule has 478 valence electrons. The van der Waals surface area contributed by atoms with Crippen molar-refractivity contribution in [2.75, 3.05) is 145 Å². The van der Waals surface area contributed by atoms with Gasteiger partial charge in [0.05, 0.1) is 130 Å². The Morgan fingerprint density at radius 3 is 1.49 bits per heavy atom. The Bertz CT molecular complexity index is 3690. The lowest BCUT2D eigenvalue weighted by molar-refractivity contribution is -0.893. The summed E-state index contributed by atoms with van der Waals surface area (Å²) in [5.41, 5.74) is 5.14. The Kier molecular flexibility index (Phi) is 25.4. The lowest BCUT2D eigenvalue weighted by Gasteiger charge is -2.30. The molecule has 2 aliphatic rings. The number of aliphatic hydroxyl groups is 2. The van der Waals surface area contributed by atoms with Gasteiger partial charge in [-0.05, 0) is 61.4 Å². The first-order valence-electron chi connectivity index (χ1n) is 28.1. The smallest absolute Gasteiger partial charge is 0.265 e. The number of benzene rings is 4. The first-order chi connectivity index (χ1) is 40.3. The molecule has 4 aromatic carbocycles. The van der Waals surface area contributed by atoms with Gasteiger partial charge in [0.1, 0.15) is 81.1 Å². The Hall–Kier alpha value is -4.77. The highest BCUT2D eigenvalue weighted by atomic mass is 32.2. The molecule has 0 spiro atoms. The van der Waals surface area contributed by atoms with E-state index in [1.807, 2.05) is 90.8 Å². The maximum absolute atomic E-state index is 13.7. The van der Waals surface area contributed by atoms with Gasteiger partial charge in [0, 0.05) is 51.7 Å². The van der Waals surface area contributed by atoms with E-state index in [1.165, 1.54) is 11.3 Å². The minimum absolute atomic E-state index is 0.00568. The van der Waals surface area contributed by atoms with Crippen molar-refractivity contribution in [3.63, 3.8) is 0 Å². The van der Waals surface area contributed by atoms with Gasteiger partial charge in [-0.15, -0.1) is 22.7 Å². The van der Waals surface area contributed by atoms with Gasteiger partial charge in [0.15, 0.2) is 10.9 Å². The molecule has 4 heterocycles. The summed E-state index contributed by atoms with van der Waals surface area (Å²) in [6, 6.07) is 21.8. The molecule has 86 heavy (non-hydrogen) atoms. The third-order valence-electron chi connectivity index (χ3n) is 14.0. The Labute approximate surface area is 510 Å². The molecule has 6 aromatic rings. The lowest BCUT2D eigenvalue weighted by atomic mass is 10.1. The van der Waals surface area contributed by atoms with Crippen molar-refractivity contribution in [3.05, 3.63) is 93.2 Å². The minimum atomic E-state index is -4.06. The van der Waals surface area contributed by atoms with E-state index in [0.29, 0.717) is 148 Å². The average molecular weight is 1300 g/mol. The molecule has 2 fully saturated rings. The van der Waals surface area contributed by atoms with Gasteiger partial charge in [-0.2, -0.15) is 16.8 Å². The molecular weight excluding hydrogens is 1220 g/mol. The van der Waals surface area contributed by atoms with Crippen molar-refractivity contribution >= 4 is 93.4 Å². The summed E-state index contributed by atoms with van der Waals surface area (Å²) in [6.07, 6.45) is 0.711. The molecule has 2 aromatic heterocycles. The summed E-state index contributed by atoms with van der Waals surface area (Å²) in [7, 11) is -0.571. The highest BCUT2D eigenvalue weighted by Gasteiger charge is 2.27. The third kappa shape index (κ3) is 24.0. The predicted molar refractivity (Wildman–Crippen MR) is 333 cm³/mol. The van der Waals surface area contributed by atoms with Crippen LogP contribution in [0.1, 0.15) is 32.1 Å². The molecule has 24 nitrogen and oxygen atoms in total. The van der Waals surface area contributed by atoms with Crippen molar-refractivity contribution in [3.8, 4) is 23.0 Å². The SMILES string of the molecule is C[N+](C)(CCCC(O)COc1ccc(OCC(O)CNC[N+](C)(C)CCCS(=O)(=O)O)c2c(=O)c3ccccc3sc12)CCCS(=O)(=O)O.C[N+](C)(CN)CCCS(=O)(=O)[O-].O=c1c2ccccc2sc2c(OCC3CO3)ccc(OCC3CO3)c12. The Morgan fingerprint density at radius 2 is 1.00 bits per heavy atom. The van der Waals surface area contributed by atoms with Crippen molar-refractivity contribution < 1.29 is 91.0 Å². The molecule has 2 saturated heterocycles. The molecule has 0 saturated carbocycles. The van der Waals surface area contributed by atoms with Crippen LogP contribution in [0.3, 0.4) is 0 Å². The molecular formula is C57H83N5O19S5+2. The molecule has 0 aliphatic carbocycles. The quantitative estimate of drug-likeness (QED) is 0.0112. The highest BCUT2D eigenvalue weighted by molar-refractivity contribution is 7.86. The number of ether oxygens (including phenoxy) is 6. The summed E-state index contributed by atoms with van der Waals surface area (Å²) in [4.78, 5) is 26.8. The average Bonchev–Trinajstić information content (AvgIpc) is 1.04. The predicted octanol–water partition coefficient (Wildman–Crippen LogP) is 3.81. The van der Waals surface area contributed by atoms with E-state index >= 15 is 0 Å². The maximum Gasteiger partial charge on any atom is 0.265 e. The van der Waals surface area contributed by atoms with Crippen LogP contribution < -0.4 is 40.9 Å². The topological polar surface area (TPSA) is 341 Å². The summed E-state index contributed by atoms with van der Waals surface area (Å²) in [6.45, 7) is 5.74. The number of nitrogens with two attached hydrogens (primary N) is 1. The summed E-state index contributed by atoms with van der Waals surface area (Å²) < 4.78 is 131. The van der Waals surface area contributed by atoms with E-state index in [-0.39, 0.29) is 60.1 Å². The van der Waals surface area contributed by atoms with E-state index in [9.17, 15) is 49.6 Å². The van der Waals surface area contributed by atoms with Gasteiger partial charge >= 0.3 is 0 Å². The second kappa shape index (κ2) is 31.1. The summed E-state index contributed by atoms with van der Waals surface area (Å²) >= 11 is 2.92. The monoisotopic (exact) mass is 1300 g/mol. The van der Waals surface area contributed by atoms with Crippen molar-refractivity contribution in [1.29, 1.82) is 0 Å². The number of aliphatic hydroxyl groups excluding tert-OH is 2. The molecule has 0 radical (unpaired) electrons. The number of nitrogens with zero attached hydrogens (tertiary/aromatic N) is 3. The van der Waals surface area contributed by atoms with E-state index in [4.69, 9.17) is 43.3 Å². The molecule has 0 bridgehead atoms. The fourth-order valence-electron chi connectivity index (χ4n) is 8.97. The fourth-order valence-corrected chi connectivity index (χ4v) is 12.8. The fraction of sp³-hybridized carbons (Fsp3) is 0.544. The van der Waals surface area contributed by atoms with Crippen LogP contribution in [0.15, 0.2) is 82.4 Å². The van der Waals surface area contributed by atoms with Gasteiger partial charge in [0.2, 0.25) is 0 Å². The molecule has 29 heteroatoms. The molecule has 0 amide bonds. The second-order valence-electron chi connectivity index (χ2n) is 23.4. The van der Waals surface area contributed by atoms with E-state index in [0.717, 1.165) is 27.3 Å². The van der Waals surface area contributed by atoms with Gasteiger partial charge in [0.25, 0.3) is 20.2 Å². The normalized spacial score (nSPS) is 16.2. The first-order valence-corrected chi connectivity index (χ1v) is 34.5. The van der Waals surface area contributed by atoms with Crippen molar-refractivity contribution in [2.24, 2.45) is 5.73 Å². The number of quaternary nitrogens is 3. The minimum Gasteiger partial charge on any atom is -0.748 e. The van der Waals surface area contributed by atoms with Crippen molar-refractivity contribution in [1.82, 2.24) is 5.32 Å². The zero-order chi connectivity index (χ0) is 63.1. The van der Waals surface area contributed by atoms with Crippen LogP contribution in [-0.4, -0.2) is 232 Å². The molecule has 8 rings (SSSR count). The van der Waals surface area contributed by atoms with Gasteiger partial charge < -0.3 is 56.6 Å². The number of hydrogen-bond donors (Lipinski definition) is 6. The largest absolute Gasteiger partial charge is 0.748 e.